The summed E-state index contributed by atoms with van der Waals surface area (Å²) in [7, 11) is 6.12. The third-order valence-electron chi connectivity index (χ3n) is 9.82. The second kappa shape index (κ2) is 20.0. The molecule has 4 N–H and O–H groups in total. The molecule has 1 heterocycles. The number of nitrogens with one attached hydrogen (secondary N) is 2. The molecule has 1 aromatic carbocycles. The number of likely N-dealkylation sites (N-methyl/N-ethyl adjacent to an activating group) is 1. The topological polar surface area (TPSA) is 153 Å². The van der Waals surface area contributed by atoms with Gasteiger partial charge >= 0.3 is 5.97 Å². The molecule has 3 amide bonds. The van der Waals surface area contributed by atoms with Gasteiger partial charge in [0.2, 0.25) is 17.7 Å². The van der Waals surface area contributed by atoms with Gasteiger partial charge < -0.3 is 40.4 Å². The standard InChI is InChI=1S/C38H61N5O7S/c1-12-24(4)32(42(8)35(45)31(23(2)3)41-37(47)38(6,7)39)29(48-9)22-30(44)43-20-16-19-28(43)33(49-10)25(5)34(51)40-27(36(46)50-11)21-26-17-14-13-15-18-26/h13-15,17-18,23-24,27-29,31-33H,5,12,16,19-22,39H2,1-4,6-11H3,(H,40,51)(H,41,47)/t24-,27-,28-,29+,31-,32-,33+/m0/s1. The van der Waals surface area contributed by atoms with E-state index in [2.05, 4.69) is 17.2 Å². The van der Waals surface area contributed by atoms with Crippen LogP contribution in [-0.2, 0) is 39.8 Å². The number of hydrogen-bond donors (Lipinski definition) is 3. The van der Waals surface area contributed by atoms with Crippen LogP contribution in [-0.4, -0.2) is 115 Å². The van der Waals surface area contributed by atoms with Gasteiger partial charge in [0, 0.05) is 39.8 Å². The van der Waals surface area contributed by atoms with Crippen LogP contribution in [0.15, 0.2) is 42.5 Å². The number of rotatable bonds is 19. The van der Waals surface area contributed by atoms with Crippen molar-refractivity contribution in [3.8, 4) is 0 Å². The minimum Gasteiger partial charge on any atom is -0.467 e. The van der Waals surface area contributed by atoms with Crippen molar-refractivity contribution in [2.24, 2.45) is 17.6 Å². The SMILES string of the molecule is C=C(C(=S)N[C@@H](Cc1ccccc1)C(=O)OC)[C@@H](OC)[C@@H]1CCCN1C(=O)C[C@@H](OC)[C@H]([C@@H](C)CC)N(C)C(=O)[C@@H](NC(=O)C(C)(C)N)C(C)C. The summed E-state index contributed by atoms with van der Waals surface area (Å²) in [5, 5.41) is 5.95. The molecule has 1 aromatic rings. The molecule has 12 nitrogen and oxygen atoms in total. The molecule has 51 heavy (non-hydrogen) atoms. The van der Waals surface area contributed by atoms with Gasteiger partial charge in [0.25, 0.3) is 0 Å². The van der Waals surface area contributed by atoms with Gasteiger partial charge in [-0.2, -0.15) is 0 Å². The summed E-state index contributed by atoms with van der Waals surface area (Å²) in [6, 6.07) is 7.15. The Morgan fingerprint density at radius 3 is 2.22 bits per heavy atom. The van der Waals surface area contributed by atoms with E-state index in [1.54, 1.807) is 44.9 Å². The van der Waals surface area contributed by atoms with Gasteiger partial charge in [0.1, 0.15) is 23.2 Å². The monoisotopic (exact) mass is 731 g/mol. The number of likely N-dealkylation sites (tertiary alicyclic amines) is 1. The maximum absolute atomic E-state index is 14.1. The van der Waals surface area contributed by atoms with E-state index in [9.17, 15) is 19.2 Å². The molecule has 13 heteroatoms. The van der Waals surface area contributed by atoms with Crippen LogP contribution in [0.25, 0.3) is 0 Å². The maximum Gasteiger partial charge on any atom is 0.328 e. The number of esters is 1. The third kappa shape index (κ3) is 11.8. The zero-order valence-corrected chi connectivity index (χ0v) is 33.0. The molecule has 0 unspecified atom stereocenters. The highest BCUT2D eigenvalue weighted by molar-refractivity contribution is 7.80. The summed E-state index contributed by atoms with van der Waals surface area (Å²) in [5.41, 5.74) is 6.25. The predicted octanol–water partition coefficient (Wildman–Crippen LogP) is 3.41. The molecule has 0 spiro atoms. The van der Waals surface area contributed by atoms with Crippen LogP contribution in [0.2, 0.25) is 0 Å². The van der Waals surface area contributed by atoms with Crippen LogP contribution in [0.1, 0.15) is 72.8 Å². The van der Waals surface area contributed by atoms with E-state index >= 15 is 0 Å². The molecule has 0 bridgehead atoms. The molecule has 1 aliphatic rings. The van der Waals surface area contributed by atoms with Crippen LogP contribution in [0.3, 0.4) is 0 Å². The zero-order valence-electron chi connectivity index (χ0n) is 32.2. The van der Waals surface area contributed by atoms with Crippen LogP contribution in [0.4, 0.5) is 0 Å². The molecule has 1 aliphatic heterocycles. The second-order valence-corrected chi connectivity index (χ2v) is 14.8. The van der Waals surface area contributed by atoms with Crippen molar-refractivity contribution < 1.29 is 33.4 Å². The second-order valence-electron chi connectivity index (χ2n) is 14.4. The lowest BCUT2D eigenvalue weighted by Crippen LogP contribution is -2.60. The molecule has 0 aliphatic carbocycles. The lowest BCUT2D eigenvalue weighted by molar-refractivity contribution is -0.146. The van der Waals surface area contributed by atoms with Gasteiger partial charge in [0.05, 0.1) is 37.3 Å². The summed E-state index contributed by atoms with van der Waals surface area (Å²) in [4.78, 5) is 57.2. The van der Waals surface area contributed by atoms with E-state index in [1.807, 2.05) is 58.0 Å². The van der Waals surface area contributed by atoms with Crippen molar-refractivity contribution in [2.75, 3.05) is 34.9 Å². The summed E-state index contributed by atoms with van der Waals surface area (Å²) in [6.45, 7) is 15.7. The molecular formula is C38H61N5O7S. The predicted molar refractivity (Wildman–Crippen MR) is 203 cm³/mol. The van der Waals surface area contributed by atoms with E-state index < -0.39 is 47.7 Å². The average Bonchev–Trinajstić information content (AvgIpc) is 3.58. The normalized spacial score (nSPS) is 18.2. The first-order valence-corrected chi connectivity index (χ1v) is 18.2. The Morgan fingerprint density at radius 2 is 1.71 bits per heavy atom. The third-order valence-corrected chi connectivity index (χ3v) is 10.2. The number of thiocarbonyl (C=S) groups is 1. The molecule has 1 saturated heterocycles. The molecular weight excluding hydrogens is 671 g/mol. The molecule has 286 valence electrons. The van der Waals surface area contributed by atoms with E-state index in [0.717, 1.165) is 18.4 Å². The number of nitrogens with zero attached hydrogens (tertiary/aromatic N) is 2. The van der Waals surface area contributed by atoms with Crippen molar-refractivity contribution >= 4 is 40.9 Å². The van der Waals surface area contributed by atoms with Crippen molar-refractivity contribution in [3.05, 3.63) is 48.0 Å². The number of amides is 3. The average molecular weight is 732 g/mol. The number of benzene rings is 1. The molecule has 2 rings (SSSR count). The van der Waals surface area contributed by atoms with Crippen LogP contribution in [0, 0.1) is 11.8 Å². The van der Waals surface area contributed by atoms with Gasteiger partial charge in [-0.3, -0.25) is 14.4 Å². The first kappa shape index (κ1) is 43.8. The number of nitrogens with two attached hydrogens (primary N) is 1. The number of hydrogen-bond acceptors (Lipinski definition) is 9. The van der Waals surface area contributed by atoms with Gasteiger partial charge in [0.15, 0.2) is 0 Å². The van der Waals surface area contributed by atoms with E-state index in [0.29, 0.717) is 25.0 Å². The van der Waals surface area contributed by atoms with Gasteiger partial charge in [-0.1, -0.05) is 83.2 Å². The zero-order chi connectivity index (χ0) is 38.6. The molecule has 0 aromatic heterocycles. The van der Waals surface area contributed by atoms with Gasteiger partial charge in [-0.05, 0) is 44.1 Å². The summed E-state index contributed by atoms with van der Waals surface area (Å²) in [6.07, 6.45) is 1.24. The highest BCUT2D eigenvalue weighted by atomic mass is 32.1. The number of ether oxygens (including phenoxy) is 3. The fourth-order valence-electron chi connectivity index (χ4n) is 6.59. The number of carbonyl (C=O) groups excluding carboxylic acids is 4. The molecule has 0 saturated carbocycles. The highest BCUT2D eigenvalue weighted by Gasteiger charge is 2.42. The van der Waals surface area contributed by atoms with Crippen LogP contribution in [0.5, 0.6) is 0 Å². The van der Waals surface area contributed by atoms with Crippen LogP contribution >= 0.6 is 12.2 Å². The van der Waals surface area contributed by atoms with Gasteiger partial charge in [-0.15, -0.1) is 0 Å². The van der Waals surface area contributed by atoms with E-state index in [1.165, 1.54) is 7.11 Å². The maximum atomic E-state index is 14.1. The Hall–Kier alpha value is -3.39. The Labute approximate surface area is 310 Å². The fraction of sp³-hybridized carbons (Fsp3) is 0.658. The minimum absolute atomic E-state index is 0.0151. The first-order valence-electron chi connectivity index (χ1n) is 17.8. The number of carbonyl (C=O) groups is 4. The molecule has 1 fully saturated rings. The Morgan fingerprint density at radius 1 is 1.08 bits per heavy atom. The van der Waals surface area contributed by atoms with Crippen molar-refractivity contribution in [1.29, 1.82) is 0 Å². The van der Waals surface area contributed by atoms with Crippen molar-refractivity contribution in [2.45, 2.75) is 116 Å². The first-order chi connectivity index (χ1) is 23.9. The summed E-state index contributed by atoms with van der Waals surface area (Å²) >= 11 is 5.73. The smallest absolute Gasteiger partial charge is 0.328 e. The lowest BCUT2D eigenvalue weighted by atomic mass is 9.89. The Bertz CT molecular complexity index is 1350. The number of methoxy groups -OCH3 is 3. The van der Waals surface area contributed by atoms with Crippen molar-refractivity contribution in [3.63, 3.8) is 0 Å². The quantitative estimate of drug-likeness (QED) is 0.110. The highest BCUT2D eigenvalue weighted by Crippen LogP contribution is 2.29. The van der Waals surface area contributed by atoms with E-state index in [-0.39, 0.29) is 41.1 Å². The Kier molecular flexibility index (Phi) is 17.2. The van der Waals surface area contributed by atoms with E-state index in [4.69, 9.17) is 32.2 Å². The lowest BCUT2D eigenvalue weighted by Gasteiger charge is -2.41. The van der Waals surface area contributed by atoms with Crippen LogP contribution < -0.4 is 16.4 Å². The Balaban J connectivity index is 2.27. The largest absolute Gasteiger partial charge is 0.467 e. The fourth-order valence-corrected chi connectivity index (χ4v) is 6.85. The van der Waals surface area contributed by atoms with Crippen molar-refractivity contribution in [1.82, 2.24) is 20.4 Å². The molecule has 0 radical (unpaired) electrons. The van der Waals surface area contributed by atoms with Gasteiger partial charge in [-0.25, -0.2) is 4.79 Å². The minimum atomic E-state index is -1.16. The molecule has 7 atom stereocenters. The summed E-state index contributed by atoms with van der Waals surface area (Å²) < 4.78 is 16.9. The summed E-state index contributed by atoms with van der Waals surface area (Å²) in [5.74, 6) is -1.57.